The van der Waals surface area contributed by atoms with E-state index in [0.29, 0.717) is 17.2 Å². The van der Waals surface area contributed by atoms with E-state index in [9.17, 15) is 4.79 Å². The summed E-state index contributed by atoms with van der Waals surface area (Å²) in [6.45, 7) is 9.69. The first-order chi connectivity index (χ1) is 22.6. The molecule has 3 rings (SSSR count). The molecule has 3 aromatic rings. The minimum atomic E-state index is -0.306. The molecule has 0 bridgehead atoms. The molecule has 252 valence electrons. The van der Waals surface area contributed by atoms with Crippen molar-refractivity contribution in [3.63, 3.8) is 0 Å². The van der Waals surface area contributed by atoms with E-state index in [2.05, 4.69) is 58.0 Å². The number of ether oxygens (including phenoxy) is 2. The van der Waals surface area contributed by atoms with E-state index in [1.807, 2.05) is 42.5 Å². The van der Waals surface area contributed by atoms with Crippen LogP contribution in [0.5, 0.6) is 5.75 Å². The fourth-order valence-corrected chi connectivity index (χ4v) is 6.37. The molecular weight excluding hydrogens is 564 g/mol. The van der Waals surface area contributed by atoms with Crippen molar-refractivity contribution in [2.45, 2.75) is 149 Å². The second-order valence-corrected chi connectivity index (χ2v) is 13.2. The first kappa shape index (κ1) is 37.5. The van der Waals surface area contributed by atoms with E-state index in [4.69, 9.17) is 9.47 Å². The Bertz CT molecular complexity index is 1210. The van der Waals surface area contributed by atoms with Gasteiger partial charge in [-0.2, -0.15) is 0 Å². The number of carbonyl (C=O) groups excluding carboxylic acids is 1. The van der Waals surface area contributed by atoms with Gasteiger partial charge in [-0.3, -0.25) is 0 Å². The smallest absolute Gasteiger partial charge is 0.343 e. The fraction of sp³-hybridized carbons (Fsp3) is 0.558. The van der Waals surface area contributed by atoms with Gasteiger partial charge in [0.05, 0.1) is 11.7 Å². The van der Waals surface area contributed by atoms with E-state index >= 15 is 0 Å². The van der Waals surface area contributed by atoms with E-state index in [1.54, 1.807) is 0 Å². The molecule has 0 N–H and O–H groups in total. The summed E-state index contributed by atoms with van der Waals surface area (Å²) in [5.74, 6) is 0.804. The predicted molar refractivity (Wildman–Crippen MR) is 196 cm³/mol. The van der Waals surface area contributed by atoms with Crippen LogP contribution in [0.4, 0.5) is 0 Å². The Labute approximate surface area is 281 Å². The molecule has 3 heteroatoms. The fourth-order valence-electron chi connectivity index (χ4n) is 6.37. The highest BCUT2D eigenvalue weighted by molar-refractivity contribution is 5.91. The lowest BCUT2D eigenvalue weighted by Crippen LogP contribution is -2.11. The van der Waals surface area contributed by atoms with E-state index < -0.39 is 0 Å². The predicted octanol–water partition coefficient (Wildman–Crippen LogP) is 13.4. The van der Waals surface area contributed by atoms with E-state index in [1.165, 1.54) is 89.0 Å². The molecule has 0 aliphatic carbocycles. The number of esters is 1. The molecule has 0 spiro atoms. The van der Waals surface area contributed by atoms with Crippen LogP contribution < -0.4 is 4.74 Å². The zero-order valence-electron chi connectivity index (χ0n) is 29.5. The van der Waals surface area contributed by atoms with Crippen LogP contribution in [0.3, 0.4) is 0 Å². The lowest BCUT2D eigenvalue weighted by molar-refractivity contribution is 0.0627. The summed E-state index contributed by atoms with van der Waals surface area (Å²) < 4.78 is 12.1. The summed E-state index contributed by atoms with van der Waals surface area (Å²) >= 11 is 0. The molecule has 0 saturated carbocycles. The molecule has 0 amide bonds. The SMILES string of the molecule is CCCCCCCCCCCCCCOC(C)c1ccc(-c2ccc(C(=O)Oc3ccccc3C(CCC)CCCC)cc2)cc1. The first-order valence-corrected chi connectivity index (χ1v) is 18.7. The van der Waals surface area contributed by atoms with Gasteiger partial charge in [0.1, 0.15) is 5.75 Å². The van der Waals surface area contributed by atoms with Crippen LogP contribution in [0.25, 0.3) is 11.1 Å². The van der Waals surface area contributed by atoms with Crippen molar-refractivity contribution < 1.29 is 14.3 Å². The molecule has 0 saturated heterocycles. The van der Waals surface area contributed by atoms with Crippen LogP contribution in [0, 0.1) is 0 Å². The normalized spacial score (nSPS) is 12.6. The van der Waals surface area contributed by atoms with Gasteiger partial charge in [-0.05, 0) is 72.6 Å². The van der Waals surface area contributed by atoms with Gasteiger partial charge in [-0.25, -0.2) is 4.79 Å². The number of hydrogen-bond donors (Lipinski definition) is 0. The molecule has 2 unspecified atom stereocenters. The zero-order chi connectivity index (χ0) is 32.8. The van der Waals surface area contributed by atoms with Gasteiger partial charge < -0.3 is 9.47 Å². The molecular formula is C43H62O3. The Morgan fingerprint density at radius 3 is 1.72 bits per heavy atom. The van der Waals surface area contributed by atoms with Crippen molar-refractivity contribution in [1.29, 1.82) is 0 Å². The number of benzene rings is 3. The molecule has 2 atom stereocenters. The Morgan fingerprint density at radius 1 is 0.587 bits per heavy atom. The zero-order valence-corrected chi connectivity index (χ0v) is 29.5. The highest BCUT2D eigenvalue weighted by Gasteiger charge is 2.18. The van der Waals surface area contributed by atoms with Gasteiger partial charge in [-0.1, -0.05) is 165 Å². The highest BCUT2D eigenvalue weighted by atomic mass is 16.5. The Hall–Kier alpha value is -2.91. The molecule has 3 nitrogen and oxygen atoms in total. The van der Waals surface area contributed by atoms with Crippen LogP contribution in [0.15, 0.2) is 72.8 Å². The number of hydrogen-bond acceptors (Lipinski definition) is 3. The molecule has 0 fully saturated rings. The maximum Gasteiger partial charge on any atom is 0.343 e. The van der Waals surface area contributed by atoms with Crippen molar-refractivity contribution in [1.82, 2.24) is 0 Å². The number of rotatable bonds is 24. The average molecular weight is 627 g/mol. The minimum Gasteiger partial charge on any atom is -0.423 e. The number of unbranched alkanes of at least 4 members (excludes halogenated alkanes) is 12. The summed E-state index contributed by atoms with van der Waals surface area (Å²) in [7, 11) is 0. The average Bonchev–Trinajstić information content (AvgIpc) is 3.09. The quantitative estimate of drug-likeness (QED) is 0.0564. The second-order valence-electron chi connectivity index (χ2n) is 13.2. The van der Waals surface area contributed by atoms with Crippen LogP contribution in [-0.2, 0) is 4.74 Å². The molecule has 0 radical (unpaired) electrons. The highest BCUT2D eigenvalue weighted by Crippen LogP contribution is 2.34. The minimum absolute atomic E-state index is 0.0840. The maximum absolute atomic E-state index is 13.1. The molecule has 3 aromatic carbocycles. The van der Waals surface area contributed by atoms with Gasteiger partial charge in [0.15, 0.2) is 0 Å². The van der Waals surface area contributed by atoms with Gasteiger partial charge in [0.2, 0.25) is 0 Å². The third-order valence-corrected chi connectivity index (χ3v) is 9.30. The topological polar surface area (TPSA) is 35.5 Å². The summed E-state index contributed by atoms with van der Waals surface area (Å²) in [6.07, 6.45) is 22.1. The van der Waals surface area contributed by atoms with Crippen LogP contribution in [-0.4, -0.2) is 12.6 Å². The summed E-state index contributed by atoms with van der Waals surface area (Å²) in [6, 6.07) is 24.4. The lowest BCUT2D eigenvalue weighted by atomic mass is 9.89. The Kier molecular flexibility index (Phi) is 18.4. The van der Waals surface area contributed by atoms with Crippen molar-refractivity contribution in [2.24, 2.45) is 0 Å². The Balaban J connectivity index is 1.41. The summed E-state index contributed by atoms with van der Waals surface area (Å²) in [5.41, 5.74) is 5.12. The molecule has 0 heterocycles. The standard InChI is InChI=1S/C43H62O3/c1-5-8-10-11-12-13-14-15-16-17-18-21-34-45-35(4)36-26-28-37(29-27-36)38-30-32-40(33-31-38)43(44)46-42-25-20-19-24-41(42)39(22-7-3)23-9-6-2/h19-20,24-33,35,39H,5-18,21-23,34H2,1-4H3. The molecule has 46 heavy (non-hydrogen) atoms. The van der Waals surface area contributed by atoms with E-state index in [-0.39, 0.29) is 12.1 Å². The summed E-state index contributed by atoms with van der Waals surface area (Å²) in [4.78, 5) is 13.1. The molecule has 0 aliphatic rings. The number of carbonyl (C=O) groups is 1. The van der Waals surface area contributed by atoms with Gasteiger partial charge >= 0.3 is 5.97 Å². The maximum atomic E-state index is 13.1. The van der Waals surface area contributed by atoms with E-state index in [0.717, 1.165) is 49.0 Å². The Morgan fingerprint density at radius 2 is 1.13 bits per heavy atom. The van der Waals surface area contributed by atoms with Crippen LogP contribution in [0.2, 0.25) is 0 Å². The summed E-state index contributed by atoms with van der Waals surface area (Å²) in [5, 5.41) is 0. The molecule has 0 aliphatic heterocycles. The third-order valence-electron chi connectivity index (χ3n) is 9.30. The van der Waals surface area contributed by atoms with Crippen LogP contribution in [0.1, 0.15) is 170 Å². The second kappa shape index (κ2) is 22.6. The van der Waals surface area contributed by atoms with Crippen molar-refractivity contribution in [3.05, 3.63) is 89.5 Å². The van der Waals surface area contributed by atoms with Gasteiger partial charge in [-0.15, -0.1) is 0 Å². The molecule has 0 aromatic heterocycles. The van der Waals surface area contributed by atoms with Gasteiger partial charge in [0, 0.05) is 6.61 Å². The monoisotopic (exact) mass is 626 g/mol. The lowest BCUT2D eigenvalue weighted by Gasteiger charge is -2.19. The van der Waals surface area contributed by atoms with Crippen molar-refractivity contribution >= 4 is 5.97 Å². The van der Waals surface area contributed by atoms with Crippen LogP contribution >= 0.6 is 0 Å². The van der Waals surface area contributed by atoms with Crippen molar-refractivity contribution in [3.8, 4) is 16.9 Å². The largest absolute Gasteiger partial charge is 0.423 e. The van der Waals surface area contributed by atoms with Crippen molar-refractivity contribution in [2.75, 3.05) is 6.61 Å². The van der Waals surface area contributed by atoms with Gasteiger partial charge in [0.25, 0.3) is 0 Å². The number of para-hydroxylation sites is 1. The third kappa shape index (κ3) is 13.4. The first-order valence-electron chi connectivity index (χ1n) is 18.7.